The highest BCUT2D eigenvalue weighted by Gasteiger charge is 2.15. The summed E-state index contributed by atoms with van der Waals surface area (Å²) in [5.74, 6) is -1.21. The summed E-state index contributed by atoms with van der Waals surface area (Å²) in [6.45, 7) is 0. The van der Waals surface area contributed by atoms with E-state index >= 15 is 0 Å². The quantitative estimate of drug-likeness (QED) is 0.668. The van der Waals surface area contributed by atoms with Crippen LogP contribution >= 0.6 is 0 Å². The number of nitrogens with one attached hydrogen (secondary N) is 1. The van der Waals surface area contributed by atoms with E-state index in [0.717, 1.165) is 18.2 Å². The highest BCUT2D eigenvalue weighted by atomic mass is 19.1. The third-order valence-corrected chi connectivity index (χ3v) is 2.30. The lowest BCUT2D eigenvalue weighted by Gasteiger charge is -2.07. The molecular formula is C12H8F2N2O2. The van der Waals surface area contributed by atoms with Gasteiger partial charge in [-0.3, -0.25) is 10.1 Å². The maximum absolute atomic E-state index is 13.4. The maximum atomic E-state index is 13.4. The second-order valence-corrected chi connectivity index (χ2v) is 3.52. The maximum Gasteiger partial charge on any atom is 0.292 e. The van der Waals surface area contributed by atoms with E-state index in [0.29, 0.717) is 0 Å². The SMILES string of the molecule is O=[N+]([O-])c1ccc(F)cc1Nc1ccccc1F. The Hall–Kier alpha value is -2.50. The molecule has 0 unspecified atom stereocenters. The smallest absolute Gasteiger partial charge is 0.292 e. The average Bonchev–Trinajstić information content (AvgIpc) is 2.32. The Morgan fingerprint density at radius 2 is 1.78 bits per heavy atom. The van der Waals surface area contributed by atoms with Crippen LogP contribution in [0.2, 0.25) is 0 Å². The minimum Gasteiger partial charge on any atom is -0.347 e. The topological polar surface area (TPSA) is 55.2 Å². The molecule has 0 aliphatic carbocycles. The fourth-order valence-corrected chi connectivity index (χ4v) is 1.48. The van der Waals surface area contributed by atoms with Gasteiger partial charge in [-0.1, -0.05) is 12.1 Å². The first kappa shape index (κ1) is 12.0. The third-order valence-electron chi connectivity index (χ3n) is 2.30. The van der Waals surface area contributed by atoms with Crippen molar-refractivity contribution in [2.24, 2.45) is 0 Å². The summed E-state index contributed by atoms with van der Waals surface area (Å²) in [6, 6.07) is 8.61. The molecule has 0 fully saturated rings. The van der Waals surface area contributed by atoms with Gasteiger partial charge in [0.2, 0.25) is 0 Å². The van der Waals surface area contributed by atoms with Gasteiger partial charge >= 0.3 is 0 Å². The average molecular weight is 250 g/mol. The van der Waals surface area contributed by atoms with Gasteiger partial charge in [-0.25, -0.2) is 8.78 Å². The van der Waals surface area contributed by atoms with E-state index < -0.39 is 16.6 Å². The number of nitrogens with zero attached hydrogens (tertiary/aromatic N) is 1. The summed E-state index contributed by atoms with van der Waals surface area (Å²) in [5.41, 5.74) is -0.365. The number of benzene rings is 2. The number of anilines is 2. The molecule has 0 atom stereocenters. The summed E-state index contributed by atoms with van der Waals surface area (Å²) in [5, 5.41) is 13.3. The number of nitro groups is 1. The standard InChI is InChI=1S/C12H8F2N2O2/c13-8-5-6-12(16(17)18)11(7-8)15-10-4-2-1-3-9(10)14/h1-7,15H. The van der Waals surface area contributed by atoms with E-state index in [2.05, 4.69) is 5.32 Å². The molecular weight excluding hydrogens is 242 g/mol. The predicted octanol–water partition coefficient (Wildman–Crippen LogP) is 3.62. The van der Waals surface area contributed by atoms with Gasteiger partial charge in [-0.05, 0) is 18.2 Å². The van der Waals surface area contributed by atoms with Gasteiger partial charge in [0.15, 0.2) is 0 Å². The first-order valence-corrected chi connectivity index (χ1v) is 5.03. The van der Waals surface area contributed by atoms with Crippen LogP contribution in [0.15, 0.2) is 42.5 Å². The molecule has 4 nitrogen and oxygen atoms in total. The molecule has 0 bridgehead atoms. The minimum absolute atomic E-state index is 0.0474. The number of para-hydroxylation sites is 1. The van der Waals surface area contributed by atoms with Crippen molar-refractivity contribution < 1.29 is 13.7 Å². The van der Waals surface area contributed by atoms with E-state index in [4.69, 9.17) is 0 Å². The Morgan fingerprint density at radius 1 is 1.06 bits per heavy atom. The first-order valence-electron chi connectivity index (χ1n) is 5.03. The highest BCUT2D eigenvalue weighted by molar-refractivity contribution is 5.69. The number of rotatable bonds is 3. The van der Waals surface area contributed by atoms with E-state index in [-0.39, 0.29) is 17.1 Å². The van der Waals surface area contributed by atoms with Crippen molar-refractivity contribution in [2.75, 3.05) is 5.32 Å². The summed E-state index contributed by atoms with van der Waals surface area (Å²) in [7, 11) is 0. The van der Waals surface area contributed by atoms with Crippen molar-refractivity contribution in [2.45, 2.75) is 0 Å². The Balaban J connectivity index is 2.42. The molecule has 92 valence electrons. The largest absolute Gasteiger partial charge is 0.347 e. The van der Waals surface area contributed by atoms with Crippen LogP contribution in [-0.2, 0) is 0 Å². The normalized spacial score (nSPS) is 10.1. The number of hydrogen-bond donors (Lipinski definition) is 1. The fourth-order valence-electron chi connectivity index (χ4n) is 1.48. The van der Waals surface area contributed by atoms with Crippen molar-refractivity contribution >= 4 is 17.1 Å². The fraction of sp³-hybridized carbons (Fsp3) is 0. The molecule has 1 N–H and O–H groups in total. The van der Waals surface area contributed by atoms with Crippen molar-refractivity contribution in [1.82, 2.24) is 0 Å². The molecule has 18 heavy (non-hydrogen) atoms. The monoisotopic (exact) mass is 250 g/mol. The van der Waals surface area contributed by atoms with Gasteiger partial charge in [0.05, 0.1) is 10.6 Å². The predicted molar refractivity (Wildman–Crippen MR) is 62.7 cm³/mol. The van der Waals surface area contributed by atoms with E-state index in [9.17, 15) is 18.9 Å². The van der Waals surface area contributed by atoms with E-state index in [1.807, 2.05) is 0 Å². The van der Waals surface area contributed by atoms with Crippen LogP contribution in [0.4, 0.5) is 25.8 Å². The molecule has 0 radical (unpaired) electrons. The van der Waals surface area contributed by atoms with Crippen LogP contribution < -0.4 is 5.32 Å². The Bertz CT molecular complexity index is 602. The van der Waals surface area contributed by atoms with Crippen LogP contribution in [-0.4, -0.2) is 4.92 Å². The molecule has 0 aromatic heterocycles. The molecule has 0 aliphatic heterocycles. The number of nitro benzene ring substituents is 1. The lowest BCUT2D eigenvalue weighted by molar-refractivity contribution is -0.384. The number of halogens is 2. The molecule has 0 spiro atoms. The second-order valence-electron chi connectivity index (χ2n) is 3.52. The molecule has 0 heterocycles. The van der Waals surface area contributed by atoms with Crippen LogP contribution in [0.1, 0.15) is 0 Å². The zero-order valence-corrected chi connectivity index (χ0v) is 9.06. The van der Waals surface area contributed by atoms with Gasteiger partial charge in [0, 0.05) is 12.1 Å². The van der Waals surface area contributed by atoms with Crippen LogP contribution in [0.3, 0.4) is 0 Å². The summed E-state index contributed by atoms with van der Waals surface area (Å²) < 4.78 is 26.4. The Kier molecular flexibility index (Phi) is 3.18. The van der Waals surface area contributed by atoms with Crippen LogP contribution in [0.25, 0.3) is 0 Å². The molecule has 2 rings (SSSR count). The van der Waals surface area contributed by atoms with Gasteiger partial charge in [-0.15, -0.1) is 0 Å². The van der Waals surface area contributed by atoms with Gasteiger partial charge in [0.1, 0.15) is 17.3 Å². The third kappa shape index (κ3) is 2.42. The summed E-state index contributed by atoms with van der Waals surface area (Å²) in [6.07, 6.45) is 0. The van der Waals surface area contributed by atoms with Gasteiger partial charge < -0.3 is 5.32 Å². The van der Waals surface area contributed by atoms with Gasteiger partial charge in [0.25, 0.3) is 5.69 Å². The van der Waals surface area contributed by atoms with Crippen molar-refractivity contribution in [3.8, 4) is 0 Å². The lowest BCUT2D eigenvalue weighted by atomic mass is 10.2. The van der Waals surface area contributed by atoms with Crippen LogP contribution in [0.5, 0.6) is 0 Å². The summed E-state index contributed by atoms with van der Waals surface area (Å²) >= 11 is 0. The molecule has 0 saturated carbocycles. The molecule has 0 saturated heterocycles. The molecule has 2 aromatic carbocycles. The second kappa shape index (κ2) is 4.79. The molecule has 2 aromatic rings. The zero-order valence-electron chi connectivity index (χ0n) is 9.06. The molecule has 0 amide bonds. The van der Waals surface area contributed by atoms with Crippen LogP contribution in [0, 0.1) is 21.7 Å². The summed E-state index contributed by atoms with van der Waals surface area (Å²) in [4.78, 5) is 10.1. The molecule has 0 aliphatic rings. The van der Waals surface area contributed by atoms with Crippen molar-refractivity contribution in [3.05, 3.63) is 64.2 Å². The lowest BCUT2D eigenvalue weighted by Crippen LogP contribution is -1.99. The minimum atomic E-state index is -0.664. The van der Waals surface area contributed by atoms with Gasteiger partial charge in [-0.2, -0.15) is 0 Å². The van der Waals surface area contributed by atoms with E-state index in [1.165, 1.54) is 18.2 Å². The Morgan fingerprint density at radius 3 is 2.44 bits per heavy atom. The number of hydrogen-bond acceptors (Lipinski definition) is 3. The van der Waals surface area contributed by atoms with Crippen molar-refractivity contribution in [3.63, 3.8) is 0 Å². The van der Waals surface area contributed by atoms with Crippen molar-refractivity contribution in [1.29, 1.82) is 0 Å². The zero-order chi connectivity index (χ0) is 13.1. The van der Waals surface area contributed by atoms with E-state index in [1.54, 1.807) is 6.07 Å². The first-order chi connectivity index (χ1) is 8.58. The highest BCUT2D eigenvalue weighted by Crippen LogP contribution is 2.29. The molecule has 6 heteroatoms. The Labute approximate surface area is 101 Å².